The number of aryl methyl sites for hydroxylation is 3. The molecular weight excluding hydrogens is 376 g/mol. The zero-order valence-corrected chi connectivity index (χ0v) is 16.2. The molecule has 1 heterocycles. The van der Waals surface area contributed by atoms with E-state index in [0.29, 0.717) is 12.5 Å². The fraction of sp³-hybridized carbons (Fsp3) is 0.200. The van der Waals surface area contributed by atoms with Crippen molar-refractivity contribution in [1.29, 1.82) is 0 Å². The minimum Gasteiger partial charge on any atom is -0.350 e. The highest BCUT2D eigenvalue weighted by atomic mass is 79.9. The van der Waals surface area contributed by atoms with Gasteiger partial charge >= 0.3 is 0 Å². The summed E-state index contributed by atoms with van der Waals surface area (Å²) < 4.78 is 1.06. The van der Waals surface area contributed by atoms with Gasteiger partial charge in [0.1, 0.15) is 5.82 Å². The molecule has 0 spiro atoms. The van der Waals surface area contributed by atoms with Crippen molar-refractivity contribution in [2.45, 2.75) is 27.3 Å². The molecule has 0 unspecified atom stereocenters. The number of aromatic nitrogens is 2. The highest BCUT2D eigenvalue weighted by Gasteiger charge is 2.05. The van der Waals surface area contributed by atoms with Crippen molar-refractivity contribution in [3.05, 3.63) is 75.4 Å². The molecular formula is C20H21BrN4. The maximum Gasteiger partial charge on any atom is 0.225 e. The molecule has 0 aliphatic rings. The largest absolute Gasteiger partial charge is 0.350 e. The number of nitrogens with zero attached hydrogens (tertiary/aromatic N) is 2. The first-order chi connectivity index (χ1) is 12.0. The molecule has 2 aromatic carbocycles. The van der Waals surface area contributed by atoms with E-state index in [9.17, 15) is 0 Å². The van der Waals surface area contributed by atoms with E-state index < -0.39 is 0 Å². The number of benzene rings is 2. The number of halogens is 1. The fourth-order valence-corrected chi connectivity index (χ4v) is 2.98. The Morgan fingerprint density at radius 3 is 2.40 bits per heavy atom. The first kappa shape index (κ1) is 17.4. The van der Waals surface area contributed by atoms with Crippen LogP contribution < -0.4 is 10.6 Å². The number of hydrogen-bond donors (Lipinski definition) is 2. The van der Waals surface area contributed by atoms with Crippen molar-refractivity contribution >= 4 is 33.4 Å². The monoisotopic (exact) mass is 396 g/mol. The average molecular weight is 397 g/mol. The minimum absolute atomic E-state index is 0.623. The molecule has 0 saturated heterocycles. The maximum atomic E-state index is 4.58. The van der Waals surface area contributed by atoms with E-state index >= 15 is 0 Å². The maximum absolute atomic E-state index is 4.58. The van der Waals surface area contributed by atoms with Gasteiger partial charge in [0.15, 0.2) is 0 Å². The number of anilines is 3. The van der Waals surface area contributed by atoms with E-state index in [0.717, 1.165) is 27.2 Å². The van der Waals surface area contributed by atoms with Gasteiger partial charge in [-0.05, 0) is 50.1 Å². The Balaban J connectivity index is 1.74. The second kappa shape index (κ2) is 7.66. The number of rotatable bonds is 5. The topological polar surface area (TPSA) is 49.8 Å². The van der Waals surface area contributed by atoms with Crippen molar-refractivity contribution < 1.29 is 0 Å². The first-order valence-corrected chi connectivity index (χ1v) is 8.97. The Morgan fingerprint density at radius 2 is 1.68 bits per heavy atom. The predicted molar refractivity (Wildman–Crippen MR) is 107 cm³/mol. The zero-order valence-electron chi connectivity index (χ0n) is 14.6. The van der Waals surface area contributed by atoms with E-state index in [-0.39, 0.29) is 0 Å². The molecule has 5 heteroatoms. The number of hydrogen-bond acceptors (Lipinski definition) is 4. The summed E-state index contributed by atoms with van der Waals surface area (Å²) >= 11 is 3.49. The van der Waals surface area contributed by atoms with Crippen molar-refractivity contribution in [2.24, 2.45) is 0 Å². The van der Waals surface area contributed by atoms with Gasteiger partial charge in [0, 0.05) is 28.5 Å². The van der Waals surface area contributed by atoms with Crippen LogP contribution in [0.4, 0.5) is 17.5 Å². The van der Waals surface area contributed by atoms with Crippen LogP contribution in [0.3, 0.4) is 0 Å². The molecule has 0 bridgehead atoms. The van der Waals surface area contributed by atoms with Crippen molar-refractivity contribution in [3.8, 4) is 0 Å². The quantitative estimate of drug-likeness (QED) is 0.595. The molecule has 2 N–H and O–H groups in total. The summed E-state index contributed by atoms with van der Waals surface area (Å²) in [5, 5.41) is 6.68. The minimum atomic E-state index is 0.623. The molecule has 0 radical (unpaired) electrons. The molecule has 3 rings (SSSR count). The van der Waals surface area contributed by atoms with Gasteiger partial charge in [-0.15, -0.1) is 0 Å². The lowest BCUT2D eigenvalue weighted by molar-refractivity contribution is 1.03. The van der Waals surface area contributed by atoms with Crippen molar-refractivity contribution in [1.82, 2.24) is 9.97 Å². The molecule has 128 valence electrons. The van der Waals surface area contributed by atoms with E-state index in [1.807, 2.05) is 25.1 Å². The van der Waals surface area contributed by atoms with Crippen molar-refractivity contribution in [3.63, 3.8) is 0 Å². The van der Waals surface area contributed by atoms with Crippen LogP contribution in [0.15, 0.2) is 53.0 Å². The summed E-state index contributed by atoms with van der Waals surface area (Å²) in [4.78, 5) is 9.05. The lowest BCUT2D eigenvalue weighted by Crippen LogP contribution is -2.06. The Bertz CT molecular complexity index is 875. The summed E-state index contributed by atoms with van der Waals surface area (Å²) in [7, 11) is 0. The molecule has 4 nitrogen and oxygen atoms in total. The van der Waals surface area contributed by atoms with Gasteiger partial charge in [-0.3, -0.25) is 0 Å². The Morgan fingerprint density at radius 1 is 0.920 bits per heavy atom. The van der Waals surface area contributed by atoms with Crippen molar-refractivity contribution in [2.75, 3.05) is 10.6 Å². The van der Waals surface area contributed by atoms with E-state index in [1.165, 1.54) is 11.1 Å². The third-order valence-electron chi connectivity index (χ3n) is 3.88. The normalized spacial score (nSPS) is 10.6. The highest BCUT2D eigenvalue weighted by Crippen LogP contribution is 2.23. The molecule has 0 saturated carbocycles. The lowest BCUT2D eigenvalue weighted by Gasteiger charge is -2.12. The van der Waals surface area contributed by atoms with Crippen LogP contribution in [0.5, 0.6) is 0 Å². The zero-order chi connectivity index (χ0) is 17.8. The van der Waals surface area contributed by atoms with Gasteiger partial charge in [0.2, 0.25) is 5.95 Å². The number of nitrogens with one attached hydrogen (secondary N) is 2. The Kier molecular flexibility index (Phi) is 5.34. The van der Waals surface area contributed by atoms with E-state index in [4.69, 9.17) is 0 Å². The third kappa shape index (κ3) is 4.79. The summed E-state index contributed by atoms with van der Waals surface area (Å²) in [6.07, 6.45) is 0. The van der Waals surface area contributed by atoms with Crippen LogP contribution >= 0.6 is 15.9 Å². The lowest BCUT2D eigenvalue weighted by atomic mass is 10.1. The molecule has 0 atom stereocenters. The summed E-state index contributed by atoms with van der Waals surface area (Å²) in [5.41, 5.74) is 5.56. The summed E-state index contributed by atoms with van der Waals surface area (Å²) in [5.74, 6) is 1.40. The van der Waals surface area contributed by atoms with Crippen LogP contribution in [0, 0.1) is 20.8 Å². The van der Waals surface area contributed by atoms with Gasteiger partial charge in [-0.1, -0.05) is 45.8 Å². The second-order valence-corrected chi connectivity index (χ2v) is 7.06. The molecule has 0 aliphatic carbocycles. The van der Waals surface area contributed by atoms with Crippen LogP contribution in [0.25, 0.3) is 0 Å². The van der Waals surface area contributed by atoms with E-state index in [1.54, 1.807) is 0 Å². The van der Waals surface area contributed by atoms with Gasteiger partial charge in [0.05, 0.1) is 0 Å². The standard InChI is InChI=1S/C20H21BrN4/c1-13-4-6-16(7-5-13)12-22-20-23-15(3)11-19(25-20)24-18-9-8-17(21)10-14(18)2/h4-11H,12H2,1-3H3,(H2,22,23,24,25). The van der Waals surface area contributed by atoms with Crippen LogP contribution in [-0.2, 0) is 6.54 Å². The molecule has 1 aromatic heterocycles. The smallest absolute Gasteiger partial charge is 0.225 e. The Hall–Kier alpha value is -2.40. The van der Waals surface area contributed by atoms with Gasteiger partial charge in [-0.2, -0.15) is 4.98 Å². The SMILES string of the molecule is Cc1ccc(CNc2nc(C)cc(Nc3ccc(Br)cc3C)n2)cc1. The van der Waals surface area contributed by atoms with E-state index in [2.05, 4.69) is 80.7 Å². The molecule has 0 amide bonds. The Labute approximate surface area is 156 Å². The van der Waals surface area contributed by atoms with Crippen LogP contribution in [0.2, 0.25) is 0 Å². The predicted octanol–water partition coefficient (Wildman–Crippen LogP) is 5.52. The van der Waals surface area contributed by atoms with Gasteiger partial charge < -0.3 is 10.6 Å². The molecule has 0 aliphatic heterocycles. The second-order valence-electron chi connectivity index (χ2n) is 6.14. The highest BCUT2D eigenvalue weighted by molar-refractivity contribution is 9.10. The van der Waals surface area contributed by atoms with Gasteiger partial charge in [0.25, 0.3) is 0 Å². The van der Waals surface area contributed by atoms with Crippen LogP contribution in [-0.4, -0.2) is 9.97 Å². The average Bonchev–Trinajstić information content (AvgIpc) is 2.56. The molecule has 25 heavy (non-hydrogen) atoms. The summed E-state index contributed by atoms with van der Waals surface area (Å²) in [6.45, 7) is 6.82. The summed E-state index contributed by atoms with van der Waals surface area (Å²) in [6, 6.07) is 16.5. The fourth-order valence-electron chi connectivity index (χ4n) is 2.50. The molecule has 0 fully saturated rings. The van der Waals surface area contributed by atoms with Crippen LogP contribution in [0.1, 0.15) is 22.4 Å². The third-order valence-corrected chi connectivity index (χ3v) is 4.37. The van der Waals surface area contributed by atoms with Gasteiger partial charge in [-0.25, -0.2) is 4.98 Å². The first-order valence-electron chi connectivity index (χ1n) is 8.18. The molecule has 3 aromatic rings.